The number of hydrogen-bond donors (Lipinski definition) is 1. The van der Waals surface area contributed by atoms with Gasteiger partial charge in [-0.05, 0) is 56.2 Å². The molecule has 2 aliphatic rings. The van der Waals surface area contributed by atoms with Gasteiger partial charge in [-0.2, -0.15) is 11.8 Å². The molecular weight excluding hydrogens is 228 g/mol. The zero-order valence-electron chi connectivity index (χ0n) is 11.3. The van der Waals surface area contributed by atoms with E-state index in [0.29, 0.717) is 0 Å². The fourth-order valence-electron chi connectivity index (χ4n) is 2.96. The average Bonchev–Trinajstić information content (AvgIpc) is 2.99. The summed E-state index contributed by atoms with van der Waals surface area (Å²) < 4.78 is 0. The third kappa shape index (κ3) is 4.80. The summed E-state index contributed by atoms with van der Waals surface area (Å²) >= 11 is 2.15. The van der Waals surface area contributed by atoms with E-state index in [2.05, 4.69) is 28.9 Å². The molecule has 0 aromatic rings. The first-order chi connectivity index (χ1) is 8.38. The van der Waals surface area contributed by atoms with E-state index in [1.165, 1.54) is 69.8 Å². The molecule has 2 rings (SSSR count). The molecule has 2 fully saturated rings. The molecule has 3 heteroatoms. The summed E-state index contributed by atoms with van der Waals surface area (Å²) in [5.74, 6) is 3.77. The minimum Gasteiger partial charge on any atom is -0.313 e. The lowest BCUT2D eigenvalue weighted by atomic mass is 10.1. The predicted octanol–water partition coefficient (Wildman–Crippen LogP) is 2.59. The van der Waals surface area contributed by atoms with Crippen LogP contribution in [-0.4, -0.2) is 48.6 Å². The summed E-state index contributed by atoms with van der Waals surface area (Å²) in [6, 6.07) is 0.779. The molecular formula is C14H28N2S. The van der Waals surface area contributed by atoms with Gasteiger partial charge < -0.3 is 10.2 Å². The second kappa shape index (κ2) is 7.65. The number of rotatable bonds is 7. The first-order valence-electron chi connectivity index (χ1n) is 7.42. The zero-order valence-corrected chi connectivity index (χ0v) is 12.1. The maximum absolute atomic E-state index is 3.64. The Morgan fingerprint density at radius 1 is 1.29 bits per heavy atom. The van der Waals surface area contributed by atoms with Gasteiger partial charge in [0.1, 0.15) is 0 Å². The van der Waals surface area contributed by atoms with Crippen LogP contribution in [0.2, 0.25) is 0 Å². The van der Waals surface area contributed by atoms with Gasteiger partial charge in [0.15, 0.2) is 0 Å². The molecule has 0 spiro atoms. The highest BCUT2D eigenvalue weighted by Gasteiger charge is 2.22. The lowest BCUT2D eigenvalue weighted by molar-refractivity contribution is 0.217. The van der Waals surface area contributed by atoms with Crippen molar-refractivity contribution in [3.8, 4) is 0 Å². The zero-order chi connectivity index (χ0) is 11.9. The predicted molar refractivity (Wildman–Crippen MR) is 77.8 cm³/mol. The van der Waals surface area contributed by atoms with Crippen molar-refractivity contribution in [2.45, 2.75) is 45.1 Å². The van der Waals surface area contributed by atoms with Crippen molar-refractivity contribution in [3.63, 3.8) is 0 Å². The Morgan fingerprint density at radius 3 is 2.88 bits per heavy atom. The number of nitrogens with zero attached hydrogens (tertiary/aromatic N) is 1. The molecule has 0 aliphatic carbocycles. The van der Waals surface area contributed by atoms with E-state index in [9.17, 15) is 0 Å². The molecule has 0 bridgehead atoms. The Hall–Kier alpha value is 0.270. The third-order valence-electron chi connectivity index (χ3n) is 4.01. The number of nitrogens with one attached hydrogen (secondary N) is 1. The highest BCUT2D eigenvalue weighted by molar-refractivity contribution is 7.99. The van der Waals surface area contributed by atoms with Crippen LogP contribution >= 0.6 is 11.8 Å². The number of thioether (sulfide) groups is 1. The Morgan fingerprint density at radius 2 is 2.24 bits per heavy atom. The fourth-order valence-corrected chi connectivity index (χ4v) is 4.23. The van der Waals surface area contributed by atoms with E-state index in [-0.39, 0.29) is 0 Å². The van der Waals surface area contributed by atoms with Gasteiger partial charge in [0.2, 0.25) is 0 Å². The van der Waals surface area contributed by atoms with Crippen LogP contribution in [0.5, 0.6) is 0 Å². The molecule has 2 atom stereocenters. The topological polar surface area (TPSA) is 15.3 Å². The molecule has 0 aromatic heterocycles. The molecule has 2 nitrogen and oxygen atoms in total. The van der Waals surface area contributed by atoms with Crippen LogP contribution < -0.4 is 5.32 Å². The van der Waals surface area contributed by atoms with Crippen molar-refractivity contribution in [2.75, 3.05) is 37.7 Å². The summed E-state index contributed by atoms with van der Waals surface area (Å²) in [5.41, 5.74) is 0. The lowest BCUT2D eigenvalue weighted by Gasteiger charge is -2.28. The van der Waals surface area contributed by atoms with Gasteiger partial charge in [-0.15, -0.1) is 0 Å². The second-order valence-electron chi connectivity index (χ2n) is 5.64. The minimum atomic E-state index is 0.779. The highest BCUT2D eigenvalue weighted by atomic mass is 32.2. The minimum absolute atomic E-state index is 0.779. The Kier molecular flexibility index (Phi) is 6.16. The average molecular weight is 256 g/mol. The molecule has 2 saturated heterocycles. The third-order valence-corrected chi connectivity index (χ3v) is 5.24. The first kappa shape index (κ1) is 13.7. The molecule has 0 radical (unpaired) electrons. The fraction of sp³-hybridized carbons (Fsp3) is 1.00. The van der Waals surface area contributed by atoms with Crippen molar-refractivity contribution in [1.82, 2.24) is 10.2 Å². The van der Waals surface area contributed by atoms with Gasteiger partial charge in [0.25, 0.3) is 0 Å². The summed E-state index contributed by atoms with van der Waals surface area (Å²) in [5, 5.41) is 3.64. The lowest BCUT2D eigenvalue weighted by Crippen LogP contribution is -2.40. The highest BCUT2D eigenvalue weighted by Crippen LogP contribution is 2.24. The second-order valence-corrected chi connectivity index (χ2v) is 6.79. The Bertz CT molecular complexity index is 180. The Labute approximate surface area is 111 Å². The number of hydrogen-bond acceptors (Lipinski definition) is 3. The van der Waals surface area contributed by atoms with Crippen molar-refractivity contribution < 1.29 is 0 Å². The van der Waals surface area contributed by atoms with Crippen LogP contribution in [0.4, 0.5) is 0 Å². The van der Waals surface area contributed by atoms with Crippen LogP contribution in [0.25, 0.3) is 0 Å². The maximum Gasteiger partial charge on any atom is 0.0195 e. The molecule has 0 amide bonds. The van der Waals surface area contributed by atoms with Crippen LogP contribution in [0, 0.1) is 5.92 Å². The van der Waals surface area contributed by atoms with E-state index in [1.807, 2.05) is 0 Å². The normalized spacial score (nSPS) is 29.3. The van der Waals surface area contributed by atoms with Crippen LogP contribution in [0.15, 0.2) is 0 Å². The summed E-state index contributed by atoms with van der Waals surface area (Å²) in [7, 11) is 0. The van der Waals surface area contributed by atoms with Crippen molar-refractivity contribution in [1.29, 1.82) is 0 Å². The van der Waals surface area contributed by atoms with E-state index < -0.39 is 0 Å². The van der Waals surface area contributed by atoms with E-state index in [1.54, 1.807) is 0 Å². The van der Waals surface area contributed by atoms with Gasteiger partial charge >= 0.3 is 0 Å². The van der Waals surface area contributed by atoms with Crippen molar-refractivity contribution in [3.05, 3.63) is 0 Å². The summed E-state index contributed by atoms with van der Waals surface area (Å²) in [6.45, 7) is 7.51. The van der Waals surface area contributed by atoms with E-state index >= 15 is 0 Å². The molecule has 17 heavy (non-hydrogen) atoms. The standard InChI is InChI=1S/C14H28N2S/c1-2-3-8-16(10-13-6-9-17-12-13)11-14-5-4-7-15-14/h13-15H,2-12H2,1H3. The maximum atomic E-state index is 3.64. The molecule has 2 unspecified atom stereocenters. The molecule has 2 aliphatic heterocycles. The van der Waals surface area contributed by atoms with Gasteiger partial charge in [0.05, 0.1) is 0 Å². The van der Waals surface area contributed by atoms with Crippen molar-refractivity contribution >= 4 is 11.8 Å². The SMILES string of the molecule is CCCCN(CC1CCSC1)CC1CCCN1. The van der Waals surface area contributed by atoms with Gasteiger partial charge in [-0.1, -0.05) is 13.3 Å². The molecule has 100 valence electrons. The quantitative estimate of drug-likeness (QED) is 0.754. The molecule has 0 saturated carbocycles. The molecule has 1 N–H and O–H groups in total. The summed E-state index contributed by atoms with van der Waals surface area (Å²) in [6.07, 6.45) is 6.92. The number of unbranched alkanes of at least 4 members (excludes halogenated alkanes) is 1. The summed E-state index contributed by atoms with van der Waals surface area (Å²) in [4.78, 5) is 2.74. The van der Waals surface area contributed by atoms with Crippen LogP contribution in [0.1, 0.15) is 39.0 Å². The smallest absolute Gasteiger partial charge is 0.0195 e. The van der Waals surface area contributed by atoms with Crippen molar-refractivity contribution in [2.24, 2.45) is 5.92 Å². The van der Waals surface area contributed by atoms with Gasteiger partial charge in [0, 0.05) is 19.1 Å². The molecule has 0 aromatic carbocycles. The first-order valence-corrected chi connectivity index (χ1v) is 8.57. The monoisotopic (exact) mass is 256 g/mol. The van der Waals surface area contributed by atoms with E-state index in [4.69, 9.17) is 0 Å². The van der Waals surface area contributed by atoms with Crippen LogP contribution in [0.3, 0.4) is 0 Å². The van der Waals surface area contributed by atoms with E-state index in [0.717, 1.165) is 12.0 Å². The van der Waals surface area contributed by atoms with Gasteiger partial charge in [-0.3, -0.25) is 0 Å². The molecule has 2 heterocycles. The Balaban J connectivity index is 1.74. The van der Waals surface area contributed by atoms with Crippen LogP contribution in [-0.2, 0) is 0 Å². The largest absolute Gasteiger partial charge is 0.313 e. The van der Waals surface area contributed by atoms with Gasteiger partial charge in [-0.25, -0.2) is 0 Å².